The number of methoxy groups -OCH3 is 1. The average molecular weight is 418 g/mol. The lowest BCUT2D eigenvalue weighted by atomic mass is 9.94. The summed E-state index contributed by atoms with van der Waals surface area (Å²) in [6.07, 6.45) is 0.358. The van der Waals surface area contributed by atoms with Crippen molar-refractivity contribution in [3.05, 3.63) is 77.0 Å². The van der Waals surface area contributed by atoms with E-state index in [9.17, 15) is 14.4 Å². The predicted molar refractivity (Wildman–Crippen MR) is 113 cm³/mol. The number of benzene rings is 2. The quantitative estimate of drug-likeness (QED) is 0.606. The van der Waals surface area contributed by atoms with Crippen LogP contribution in [0.15, 0.2) is 54.6 Å². The SMILES string of the molecule is COC(=O)[C@@H]1Cc2ccccc2CN1C(=O)COC(=O)c1cc(C)nc2ccccc12. The Hall–Kier alpha value is -3.74. The van der Waals surface area contributed by atoms with E-state index in [1.807, 2.05) is 42.5 Å². The van der Waals surface area contributed by atoms with E-state index in [2.05, 4.69) is 4.98 Å². The predicted octanol–water partition coefficient (Wildman–Crippen LogP) is 2.83. The number of fused-ring (bicyclic) bond motifs is 2. The third-order valence-corrected chi connectivity index (χ3v) is 5.43. The number of carbonyl (C=O) groups is 3. The zero-order chi connectivity index (χ0) is 22.0. The highest BCUT2D eigenvalue weighted by molar-refractivity contribution is 6.04. The second-order valence-corrected chi connectivity index (χ2v) is 7.44. The van der Waals surface area contributed by atoms with Crippen molar-refractivity contribution < 1.29 is 23.9 Å². The van der Waals surface area contributed by atoms with E-state index in [1.54, 1.807) is 19.1 Å². The van der Waals surface area contributed by atoms with Crippen molar-refractivity contribution in [1.82, 2.24) is 9.88 Å². The van der Waals surface area contributed by atoms with Crippen LogP contribution in [0.5, 0.6) is 0 Å². The maximum Gasteiger partial charge on any atom is 0.339 e. The van der Waals surface area contributed by atoms with Gasteiger partial charge in [0.1, 0.15) is 6.04 Å². The molecule has 1 aromatic heterocycles. The van der Waals surface area contributed by atoms with Crippen LogP contribution < -0.4 is 0 Å². The van der Waals surface area contributed by atoms with Crippen molar-refractivity contribution >= 4 is 28.7 Å². The third-order valence-electron chi connectivity index (χ3n) is 5.43. The molecular weight excluding hydrogens is 396 g/mol. The van der Waals surface area contributed by atoms with Gasteiger partial charge in [-0.1, -0.05) is 42.5 Å². The van der Waals surface area contributed by atoms with Crippen LogP contribution in [0.25, 0.3) is 10.9 Å². The molecule has 0 saturated carbocycles. The first-order valence-electron chi connectivity index (χ1n) is 9.95. The van der Waals surface area contributed by atoms with Crippen molar-refractivity contribution in [2.24, 2.45) is 0 Å². The smallest absolute Gasteiger partial charge is 0.339 e. The summed E-state index contributed by atoms with van der Waals surface area (Å²) in [6.45, 7) is 1.58. The molecule has 1 amide bonds. The Kier molecular flexibility index (Phi) is 5.66. The Morgan fingerprint density at radius 1 is 1.06 bits per heavy atom. The number of carbonyl (C=O) groups excluding carboxylic acids is 3. The molecule has 0 saturated heterocycles. The van der Waals surface area contributed by atoms with Crippen molar-refractivity contribution in [2.45, 2.75) is 25.9 Å². The number of para-hydroxylation sites is 1. The molecule has 0 aliphatic carbocycles. The number of rotatable bonds is 4. The largest absolute Gasteiger partial charge is 0.467 e. The van der Waals surface area contributed by atoms with E-state index < -0.39 is 30.5 Å². The highest BCUT2D eigenvalue weighted by Gasteiger charge is 2.35. The fourth-order valence-electron chi connectivity index (χ4n) is 3.90. The minimum Gasteiger partial charge on any atom is -0.467 e. The molecule has 0 N–H and O–H groups in total. The van der Waals surface area contributed by atoms with E-state index >= 15 is 0 Å². The van der Waals surface area contributed by atoms with Crippen LogP contribution in [0.1, 0.15) is 27.2 Å². The molecule has 1 aliphatic rings. The molecule has 2 heterocycles. The lowest BCUT2D eigenvalue weighted by Crippen LogP contribution is -2.50. The summed E-state index contributed by atoms with van der Waals surface area (Å²) in [5.74, 6) is -1.56. The lowest BCUT2D eigenvalue weighted by Gasteiger charge is -2.35. The molecule has 2 aromatic carbocycles. The molecule has 7 nitrogen and oxygen atoms in total. The van der Waals surface area contributed by atoms with E-state index in [0.717, 1.165) is 11.1 Å². The molecule has 3 aromatic rings. The number of ether oxygens (including phenoxy) is 2. The van der Waals surface area contributed by atoms with E-state index in [1.165, 1.54) is 12.0 Å². The summed E-state index contributed by atoms with van der Waals surface area (Å²) in [7, 11) is 1.29. The van der Waals surface area contributed by atoms with Crippen molar-refractivity contribution in [2.75, 3.05) is 13.7 Å². The monoisotopic (exact) mass is 418 g/mol. The first-order valence-corrected chi connectivity index (χ1v) is 9.95. The Balaban J connectivity index is 1.53. The van der Waals surface area contributed by atoms with Gasteiger partial charge in [-0.25, -0.2) is 9.59 Å². The van der Waals surface area contributed by atoms with E-state index in [-0.39, 0.29) is 6.54 Å². The minimum atomic E-state index is -0.755. The summed E-state index contributed by atoms with van der Waals surface area (Å²) in [4.78, 5) is 43.8. The van der Waals surface area contributed by atoms with Gasteiger partial charge in [-0.2, -0.15) is 0 Å². The maximum absolute atomic E-state index is 12.9. The molecule has 1 atom stereocenters. The molecular formula is C24H22N2O5. The number of pyridine rings is 1. The van der Waals surface area contributed by atoms with Gasteiger partial charge >= 0.3 is 11.9 Å². The second kappa shape index (κ2) is 8.55. The van der Waals surface area contributed by atoms with Gasteiger partial charge in [0.25, 0.3) is 5.91 Å². The Labute approximate surface area is 179 Å². The standard InChI is InChI=1S/C24H22N2O5/c1-15-11-19(18-9-5-6-10-20(18)25-15)23(28)31-14-22(27)26-13-17-8-4-3-7-16(17)12-21(26)24(29)30-2/h3-11,21H,12-14H2,1-2H3/t21-/m0/s1. The van der Waals surface area contributed by atoms with Crippen LogP contribution in [0, 0.1) is 6.92 Å². The Morgan fingerprint density at radius 2 is 1.77 bits per heavy atom. The number of hydrogen-bond donors (Lipinski definition) is 0. The first kappa shape index (κ1) is 20.5. The molecule has 0 spiro atoms. The highest BCUT2D eigenvalue weighted by Crippen LogP contribution is 2.25. The summed E-state index contributed by atoms with van der Waals surface area (Å²) >= 11 is 0. The molecule has 4 rings (SSSR count). The average Bonchev–Trinajstić information content (AvgIpc) is 2.80. The van der Waals surface area contributed by atoms with Gasteiger partial charge in [-0.05, 0) is 30.2 Å². The van der Waals surface area contributed by atoms with Crippen LogP contribution in [-0.4, -0.2) is 47.5 Å². The summed E-state index contributed by atoms with van der Waals surface area (Å²) in [5, 5.41) is 0.657. The van der Waals surface area contributed by atoms with Gasteiger partial charge in [0.2, 0.25) is 0 Å². The van der Waals surface area contributed by atoms with Crippen LogP contribution in [-0.2, 0) is 32.0 Å². The number of nitrogens with zero attached hydrogens (tertiary/aromatic N) is 2. The Bertz CT molecular complexity index is 1170. The molecule has 1 aliphatic heterocycles. The van der Waals surface area contributed by atoms with Crippen LogP contribution in [0.4, 0.5) is 0 Å². The highest BCUT2D eigenvalue weighted by atomic mass is 16.5. The first-order chi connectivity index (χ1) is 15.0. The molecule has 31 heavy (non-hydrogen) atoms. The second-order valence-electron chi connectivity index (χ2n) is 7.44. The zero-order valence-corrected chi connectivity index (χ0v) is 17.3. The van der Waals surface area contributed by atoms with Gasteiger partial charge in [0.15, 0.2) is 6.61 Å². The van der Waals surface area contributed by atoms with Crippen LogP contribution in [0.3, 0.4) is 0 Å². The number of esters is 2. The fourth-order valence-corrected chi connectivity index (χ4v) is 3.90. The normalized spacial score (nSPS) is 15.3. The van der Waals surface area contributed by atoms with Crippen molar-refractivity contribution in [3.63, 3.8) is 0 Å². The number of aryl methyl sites for hydroxylation is 1. The fraction of sp³-hybridized carbons (Fsp3) is 0.250. The molecule has 7 heteroatoms. The van der Waals surface area contributed by atoms with E-state index in [0.29, 0.717) is 28.6 Å². The maximum atomic E-state index is 12.9. The number of aromatic nitrogens is 1. The molecule has 158 valence electrons. The van der Waals surface area contributed by atoms with Gasteiger partial charge in [-0.3, -0.25) is 9.78 Å². The van der Waals surface area contributed by atoms with Gasteiger partial charge < -0.3 is 14.4 Å². The number of hydrogen-bond acceptors (Lipinski definition) is 6. The molecule has 0 radical (unpaired) electrons. The van der Waals surface area contributed by atoms with Gasteiger partial charge in [0.05, 0.1) is 18.2 Å². The molecule has 0 unspecified atom stereocenters. The third kappa shape index (κ3) is 4.12. The van der Waals surface area contributed by atoms with Crippen molar-refractivity contribution in [3.8, 4) is 0 Å². The molecule has 0 bridgehead atoms. The Morgan fingerprint density at radius 3 is 2.55 bits per heavy atom. The molecule has 0 fully saturated rings. The van der Waals surface area contributed by atoms with E-state index in [4.69, 9.17) is 9.47 Å². The zero-order valence-electron chi connectivity index (χ0n) is 17.3. The van der Waals surface area contributed by atoms with Gasteiger partial charge in [-0.15, -0.1) is 0 Å². The number of amides is 1. The minimum absolute atomic E-state index is 0.254. The van der Waals surface area contributed by atoms with Crippen LogP contribution >= 0.6 is 0 Å². The summed E-state index contributed by atoms with van der Waals surface area (Å²) in [5.41, 5.74) is 3.66. The summed E-state index contributed by atoms with van der Waals surface area (Å²) in [6, 6.07) is 15.8. The van der Waals surface area contributed by atoms with Gasteiger partial charge in [0, 0.05) is 24.0 Å². The lowest BCUT2D eigenvalue weighted by molar-refractivity contribution is -0.155. The van der Waals surface area contributed by atoms with Crippen molar-refractivity contribution in [1.29, 1.82) is 0 Å². The summed E-state index contributed by atoms with van der Waals surface area (Å²) < 4.78 is 10.2. The van der Waals surface area contributed by atoms with Crippen LogP contribution in [0.2, 0.25) is 0 Å². The topological polar surface area (TPSA) is 85.8 Å².